The molecule has 0 amide bonds. The molecular formula is C16H25NO2. The highest BCUT2D eigenvalue weighted by Crippen LogP contribution is 2.14. The Bertz CT molecular complexity index is 415. The van der Waals surface area contributed by atoms with E-state index in [4.69, 9.17) is 5.11 Å². The summed E-state index contributed by atoms with van der Waals surface area (Å²) in [5.41, 5.74) is 3.71. The second-order valence-electron chi connectivity index (χ2n) is 5.24. The summed E-state index contributed by atoms with van der Waals surface area (Å²) in [6.45, 7) is 7.18. The van der Waals surface area contributed by atoms with Gasteiger partial charge < -0.3 is 10.4 Å². The van der Waals surface area contributed by atoms with Gasteiger partial charge in [-0.3, -0.25) is 4.79 Å². The minimum Gasteiger partial charge on any atom is -0.481 e. The maximum atomic E-state index is 10.9. The van der Waals surface area contributed by atoms with Gasteiger partial charge in [-0.2, -0.15) is 0 Å². The van der Waals surface area contributed by atoms with Crippen LogP contribution >= 0.6 is 0 Å². The van der Waals surface area contributed by atoms with E-state index in [1.54, 1.807) is 0 Å². The van der Waals surface area contributed by atoms with Gasteiger partial charge in [-0.15, -0.1) is 0 Å². The van der Waals surface area contributed by atoms with Crippen molar-refractivity contribution in [3.63, 3.8) is 0 Å². The smallest absolute Gasteiger partial charge is 0.304 e. The predicted octanol–water partition coefficient (Wildman–Crippen LogP) is 3.08. The van der Waals surface area contributed by atoms with Crippen LogP contribution in [0.3, 0.4) is 0 Å². The number of carbonyl (C=O) groups is 1. The van der Waals surface area contributed by atoms with Gasteiger partial charge in [0, 0.05) is 6.04 Å². The maximum absolute atomic E-state index is 10.9. The summed E-state index contributed by atoms with van der Waals surface area (Å²) < 4.78 is 0. The molecule has 0 aromatic heterocycles. The van der Waals surface area contributed by atoms with Crippen molar-refractivity contribution in [2.75, 3.05) is 6.54 Å². The lowest BCUT2D eigenvalue weighted by molar-refractivity contribution is -0.137. The van der Waals surface area contributed by atoms with E-state index in [0.29, 0.717) is 0 Å². The van der Waals surface area contributed by atoms with Gasteiger partial charge in [0.15, 0.2) is 0 Å². The normalized spacial score (nSPS) is 12.4. The second-order valence-corrected chi connectivity index (χ2v) is 5.24. The highest BCUT2D eigenvalue weighted by atomic mass is 16.4. The Kier molecular flexibility index (Phi) is 6.57. The molecule has 1 aromatic carbocycles. The third-order valence-electron chi connectivity index (χ3n) is 3.36. The molecular weight excluding hydrogens is 238 g/mol. The summed E-state index contributed by atoms with van der Waals surface area (Å²) >= 11 is 0. The molecule has 0 fully saturated rings. The van der Waals surface area contributed by atoms with Crippen LogP contribution in [0, 0.1) is 13.8 Å². The van der Waals surface area contributed by atoms with Crippen molar-refractivity contribution in [2.24, 2.45) is 0 Å². The van der Waals surface area contributed by atoms with E-state index in [1.807, 2.05) is 0 Å². The summed E-state index contributed by atoms with van der Waals surface area (Å²) in [5, 5.41) is 12.4. The minimum absolute atomic E-state index is 0.0181. The fourth-order valence-electron chi connectivity index (χ4n) is 2.20. The summed E-state index contributed by atoms with van der Waals surface area (Å²) in [7, 11) is 0. The predicted molar refractivity (Wildman–Crippen MR) is 78.6 cm³/mol. The quantitative estimate of drug-likeness (QED) is 0.709. The van der Waals surface area contributed by atoms with E-state index in [9.17, 15) is 4.79 Å². The van der Waals surface area contributed by atoms with Gasteiger partial charge in [-0.05, 0) is 44.4 Å². The monoisotopic (exact) mass is 263 g/mol. The van der Waals surface area contributed by atoms with Crippen molar-refractivity contribution >= 4 is 5.97 Å². The van der Waals surface area contributed by atoms with Crippen molar-refractivity contribution in [1.29, 1.82) is 0 Å². The number of carboxylic acid groups (broad SMARTS) is 1. The number of aryl methyl sites for hydroxylation is 2. The lowest BCUT2D eigenvalue weighted by Crippen LogP contribution is -2.34. The number of rotatable bonds is 8. The number of nitrogens with one attached hydrogen (secondary N) is 1. The lowest BCUT2D eigenvalue weighted by Gasteiger charge is -2.18. The number of carboxylic acids is 1. The van der Waals surface area contributed by atoms with Gasteiger partial charge >= 0.3 is 5.97 Å². The highest BCUT2D eigenvalue weighted by molar-refractivity contribution is 5.67. The van der Waals surface area contributed by atoms with Crippen molar-refractivity contribution in [3.05, 3.63) is 34.9 Å². The first-order chi connectivity index (χ1) is 9.02. The van der Waals surface area contributed by atoms with Crippen LogP contribution in [-0.2, 0) is 11.2 Å². The number of unbranched alkanes of at least 4 members (excludes halogenated alkanes) is 1. The molecule has 0 saturated carbocycles. The molecule has 0 radical (unpaired) electrons. The average molecular weight is 263 g/mol. The first kappa shape index (κ1) is 15.7. The van der Waals surface area contributed by atoms with Gasteiger partial charge in [0.05, 0.1) is 6.42 Å². The van der Waals surface area contributed by atoms with Gasteiger partial charge in [0.1, 0.15) is 0 Å². The minimum atomic E-state index is -0.737. The zero-order valence-corrected chi connectivity index (χ0v) is 12.2. The Balaban J connectivity index is 2.69. The molecule has 106 valence electrons. The van der Waals surface area contributed by atoms with Gasteiger partial charge in [-0.25, -0.2) is 0 Å². The summed E-state index contributed by atoms with van der Waals surface area (Å²) in [4.78, 5) is 10.9. The van der Waals surface area contributed by atoms with Gasteiger partial charge in [0.25, 0.3) is 0 Å². The molecule has 1 rings (SSSR count). The largest absolute Gasteiger partial charge is 0.481 e. The number of aliphatic carboxylic acids is 1. The topological polar surface area (TPSA) is 49.3 Å². The Labute approximate surface area is 116 Å². The number of benzene rings is 1. The van der Waals surface area contributed by atoms with Crippen molar-refractivity contribution in [3.8, 4) is 0 Å². The van der Waals surface area contributed by atoms with E-state index < -0.39 is 5.97 Å². The molecule has 19 heavy (non-hydrogen) atoms. The molecule has 2 N–H and O–H groups in total. The van der Waals surface area contributed by atoms with Crippen molar-refractivity contribution in [2.45, 2.75) is 52.5 Å². The second kappa shape index (κ2) is 7.95. The third-order valence-corrected chi connectivity index (χ3v) is 3.36. The van der Waals surface area contributed by atoms with Crippen LogP contribution < -0.4 is 5.32 Å². The van der Waals surface area contributed by atoms with Gasteiger partial charge in [-0.1, -0.05) is 37.1 Å². The number of hydrogen-bond donors (Lipinski definition) is 2. The third kappa shape index (κ3) is 5.88. The molecule has 0 bridgehead atoms. The fourth-order valence-corrected chi connectivity index (χ4v) is 2.20. The molecule has 0 saturated heterocycles. The maximum Gasteiger partial charge on any atom is 0.304 e. The first-order valence-corrected chi connectivity index (χ1v) is 7.04. The Morgan fingerprint density at radius 1 is 1.37 bits per heavy atom. The molecule has 0 spiro atoms. The average Bonchev–Trinajstić information content (AvgIpc) is 2.33. The summed E-state index contributed by atoms with van der Waals surface area (Å²) in [6.07, 6.45) is 3.17. The van der Waals surface area contributed by atoms with E-state index in [0.717, 1.165) is 25.8 Å². The molecule has 0 heterocycles. The van der Waals surface area contributed by atoms with E-state index in [-0.39, 0.29) is 12.5 Å². The van der Waals surface area contributed by atoms with Crippen molar-refractivity contribution in [1.82, 2.24) is 5.32 Å². The van der Waals surface area contributed by atoms with Crippen LogP contribution in [0.4, 0.5) is 0 Å². The van der Waals surface area contributed by atoms with Crippen LogP contribution in [0.25, 0.3) is 0 Å². The van der Waals surface area contributed by atoms with Crippen LogP contribution in [0.1, 0.15) is 42.9 Å². The standard InChI is InChI=1S/C16H25NO2/c1-4-5-8-17-15(11-16(18)19)10-14-9-12(2)6-7-13(14)3/h6-7,9,15,17H,4-5,8,10-11H2,1-3H3,(H,18,19). The fraction of sp³-hybridized carbons (Fsp3) is 0.562. The zero-order chi connectivity index (χ0) is 14.3. The summed E-state index contributed by atoms with van der Waals surface area (Å²) in [6, 6.07) is 6.38. The molecule has 3 nitrogen and oxygen atoms in total. The molecule has 0 aliphatic heterocycles. The van der Waals surface area contributed by atoms with Crippen LogP contribution in [-0.4, -0.2) is 23.7 Å². The molecule has 1 atom stereocenters. The Morgan fingerprint density at radius 3 is 2.74 bits per heavy atom. The Hall–Kier alpha value is -1.35. The highest BCUT2D eigenvalue weighted by Gasteiger charge is 2.14. The van der Waals surface area contributed by atoms with Crippen LogP contribution in [0.5, 0.6) is 0 Å². The van der Waals surface area contributed by atoms with Crippen LogP contribution in [0.15, 0.2) is 18.2 Å². The number of hydrogen-bond acceptors (Lipinski definition) is 2. The lowest BCUT2D eigenvalue weighted by atomic mass is 9.97. The van der Waals surface area contributed by atoms with Crippen LogP contribution in [0.2, 0.25) is 0 Å². The molecule has 1 unspecified atom stereocenters. The van der Waals surface area contributed by atoms with Gasteiger partial charge in [0.2, 0.25) is 0 Å². The summed E-state index contributed by atoms with van der Waals surface area (Å²) in [5.74, 6) is -0.737. The zero-order valence-electron chi connectivity index (χ0n) is 12.2. The molecule has 0 aliphatic carbocycles. The van der Waals surface area contributed by atoms with E-state index in [2.05, 4.69) is 44.3 Å². The van der Waals surface area contributed by atoms with E-state index in [1.165, 1.54) is 16.7 Å². The van der Waals surface area contributed by atoms with E-state index >= 15 is 0 Å². The van der Waals surface area contributed by atoms with Crippen molar-refractivity contribution < 1.29 is 9.90 Å². The SMILES string of the molecule is CCCCNC(CC(=O)O)Cc1cc(C)ccc1C. The first-order valence-electron chi connectivity index (χ1n) is 7.04. The molecule has 0 aliphatic rings. The molecule has 1 aromatic rings. The Morgan fingerprint density at radius 2 is 2.11 bits per heavy atom. The molecule has 3 heteroatoms.